The molecule has 4 saturated carbocycles. The van der Waals surface area contributed by atoms with Gasteiger partial charge in [0.25, 0.3) is 5.91 Å². The van der Waals surface area contributed by atoms with Gasteiger partial charge in [0.05, 0.1) is 0 Å². The molecule has 4 aliphatic carbocycles. The Bertz CT molecular complexity index is 686. The van der Waals surface area contributed by atoms with E-state index in [1.54, 1.807) is 11.6 Å². The molecule has 5 rings (SSSR count). The van der Waals surface area contributed by atoms with E-state index >= 15 is 4.39 Å². The highest BCUT2D eigenvalue weighted by Crippen LogP contribution is 2.62. The number of benzene rings is 1. The second-order valence-corrected chi connectivity index (χ2v) is 8.77. The lowest BCUT2D eigenvalue weighted by atomic mass is 9.48. The first-order valence-corrected chi connectivity index (χ1v) is 9.58. The van der Waals surface area contributed by atoms with E-state index in [1.165, 1.54) is 30.9 Å². The molecule has 1 aromatic carbocycles. The fourth-order valence-electron chi connectivity index (χ4n) is 5.97. The van der Waals surface area contributed by atoms with E-state index in [0.717, 1.165) is 37.9 Å². The largest absolute Gasteiger partial charge is 0.312 e. The third kappa shape index (κ3) is 3.69. The van der Waals surface area contributed by atoms with Crippen molar-refractivity contribution in [3.05, 3.63) is 41.5 Å². The summed E-state index contributed by atoms with van der Waals surface area (Å²) in [6, 6.07) is 7.94. The van der Waals surface area contributed by atoms with E-state index in [9.17, 15) is 4.79 Å². The lowest BCUT2D eigenvalue weighted by Crippen LogP contribution is -2.56. The molecule has 4 aliphatic rings. The molecule has 0 spiro atoms. The SMILES string of the molecule is O=C(/C=C/c1ccc(CNCC23CC4CC(CC(F)(C4)C2)C3)cc1)NO. The second-order valence-electron chi connectivity index (χ2n) is 8.77. The van der Waals surface area contributed by atoms with Crippen molar-refractivity contribution in [1.82, 2.24) is 10.8 Å². The number of rotatable bonds is 6. The van der Waals surface area contributed by atoms with Gasteiger partial charge in [0.1, 0.15) is 5.67 Å². The fraction of sp³-hybridized carbons (Fsp3) is 0.571. The highest BCUT2D eigenvalue weighted by Gasteiger charge is 2.57. The topological polar surface area (TPSA) is 61.4 Å². The Morgan fingerprint density at radius 3 is 2.50 bits per heavy atom. The van der Waals surface area contributed by atoms with Crippen LogP contribution in [0.4, 0.5) is 4.39 Å². The smallest absolute Gasteiger partial charge is 0.267 e. The zero-order chi connectivity index (χ0) is 18.2. The maximum absolute atomic E-state index is 15.0. The van der Waals surface area contributed by atoms with E-state index in [2.05, 4.69) is 5.32 Å². The van der Waals surface area contributed by atoms with Crippen molar-refractivity contribution in [2.75, 3.05) is 6.54 Å². The molecule has 2 atom stereocenters. The van der Waals surface area contributed by atoms with Crippen molar-refractivity contribution in [2.45, 2.75) is 50.7 Å². The van der Waals surface area contributed by atoms with E-state index in [4.69, 9.17) is 5.21 Å². The summed E-state index contributed by atoms with van der Waals surface area (Å²) in [4.78, 5) is 11.0. The van der Waals surface area contributed by atoms with Gasteiger partial charge in [0.15, 0.2) is 0 Å². The van der Waals surface area contributed by atoms with Gasteiger partial charge >= 0.3 is 0 Å². The average Bonchev–Trinajstić information content (AvgIpc) is 2.58. The van der Waals surface area contributed by atoms with Crippen LogP contribution in [0.25, 0.3) is 6.08 Å². The second kappa shape index (κ2) is 6.78. The number of hydrogen-bond acceptors (Lipinski definition) is 3. The van der Waals surface area contributed by atoms with E-state index < -0.39 is 11.6 Å². The van der Waals surface area contributed by atoms with Crippen LogP contribution in [0.2, 0.25) is 0 Å². The summed E-state index contributed by atoms with van der Waals surface area (Å²) < 4.78 is 15.0. The number of carbonyl (C=O) groups excluding carboxylic acids is 1. The van der Waals surface area contributed by atoms with Gasteiger partial charge in [-0.1, -0.05) is 24.3 Å². The van der Waals surface area contributed by atoms with E-state index in [1.807, 2.05) is 24.3 Å². The van der Waals surface area contributed by atoms with Crippen molar-refractivity contribution in [3.63, 3.8) is 0 Å². The summed E-state index contributed by atoms with van der Waals surface area (Å²) in [7, 11) is 0. The Morgan fingerprint density at radius 2 is 1.88 bits per heavy atom. The average molecular weight is 358 g/mol. The Balaban J connectivity index is 1.31. The lowest BCUT2D eigenvalue weighted by molar-refractivity contribution is -0.124. The monoisotopic (exact) mass is 358 g/mol. The van der Waals surface area contributed by atoms with Crippen molar-refractivity contribution in [2.24, 2.45) is 17.3 Å². The molecule has 0 saturated heterocycles. The van der Waals surface area contributed by atoms with Crippen molar-refractivity contribution in [1.29, 1.82) is 0 Å². The van der Waals surface area contributed by atoms with Crippen LogP contribution in [0.1, 0.15) is 49.7 Å². The number of hydroxylamine groups is 1. The Morgan fingerprint density at radius 1 is 1.19 bits per heavy atom. The summed E-state index contributed by atoms with van der Waals surface area (Å²) >= 11 is 0. The summed E-state index contributed by atoms with van der Waals surface area (Å²) in [5.74, 6) is 0.660. The number of halogens is 1. The van der Waals surface area contributed by atoms with Gasteiger partial charge in [-0.25, -0.2) is 9.87 Å². The molecule has 4 nitrogen and oxygen atoms in total. The summed E-state index contributed by atoms with van der Waals surface area (Å²) in [6.45, 7) is 1.68. The number of hydrogen-bond donors (Lipinski definition) is 3. The highest BCUT2D eigenvalue weighted by molar-refractivity contribution is 5.90. The van der Waals surface area contributed by atoms with Gasteiger partial charge < -0.3 is 5.32 Å². The predicted molar refractivity (Wildman–Crippen MR) is 98.1 cm³/mol. The molecule has 26 heavy (non-hydrogen) atoms. The van der Waals surface area contributed by atoms with Crippen LogP contribution in [-0.4, -0.2) is 23.3 Å². The van der Waals surface area contributed by atoms with Gasteiger partial charge in [0.2, 0.25) is 0 Å². The minimum absolute atomic E-state index is 0.166. The summed E-state index contributed by atoms with van der Waals surface area (Å²) in [5.41, 5.74) is 2.92. The normalized spacial score (nSPS) is 35.2. The van der Waals surface area contributed by atoms with Gasteiger partial charge in [-0.15, -0.1) is 0 Å². The minimum Gasteiger partial charge on any atom is -0.312 e. The zero-order valence-corrected chi connectivity index (χ0v) is 15.0. The van der Waals surface area contributed by atoms with Crippen LogP contribution in [0.3, 0.4) is 0 Å². The minimum atomic E-state index is -0.888. The lowest BCUT2D eigenvalue weighted by Gasteiger charge is -2.59. The van der Waals surface area contributed by atoms with Crippen LogP contribution in [0.5, 0.6) is 0 Å². The van der Waals surface area contributed by atoms with Crippen LogP contribution < -0.4 is 10.8 Å². The van der Waals surface area contributed by atoms with Crippen LogP contribution in [-0.2, 0) is 11.3 Å². The molecule has 0 heterocycles. The summed E-state index contributed by atoms with van der Waals surface area (Å²) in [5, 5.41) is 12.0. The van der Waals surface area contributed by atoms with Gasteiger partial charge in [-0.3, -0.25) is 10.0 Å². The molecule has 0 aromatic heterocycles. The first kappa shape index (κ1) is 17.7. The maximum Gasteiger partial charge on any atom is 0.267 e. The van der Waals surface area contributed by atoms with Crippen LogP contribution in [0.15, 0.2) is 30.3 Å². The summed E-state index contributed by atoms with van der Waals surface area (Å²) in [6.07, 6.45) is 8.92. The first-order valence-electron chi connectivity index (χ1n) is 9.58. The van der Waals surface area contributed by atoms with E-state index in [-0.39, 0.29) is 5.41 Å². The van der Waals surface area contributed by atoms with Crippen LogP contribution in [0, 0.1) is 17.3 Å². The zero-order valence-electron chi connectivity index (χ0n) is 15.0. The highest BCUT2D eigenvalue weighted by atomic mass is 19.1. The third-order valence-corrected chi connectivity index (χ3v) is 6.46. The molecule has 1 amide bonds. The van der Waals surface area contributed by atoms with E-state index in [0.29, 0.717) is 11.8 Å². The molecular formula is C21H27FN2O2. The first-order chi connectivity index (χ1) is 12.5. The predicted octanol–water partition coefficient (Wildman–Crippen LogP) is 3.60. The van der Waals surface area contributed by atoms with Crippen molar-refractivity contribution >= 4 is 12.0 Å². The Hall–Kier alpha value is -1.72. The molecule has 0 aliphatic heterocycles. The molecule has 0 radical (unpaired) electrons. The number of nitrogens with one attached hydrogen (secondary N) is 2. The van der Waals surface area contributed by atoms with Gasteiger partial charge in [-0.2, -0.15) is 0 Å². The molecule has 4 bridgehead atoms. The standard InChI is InChI=1S/C21H27FN2O2/c22-21-10-17-7-18(11-21)9-20(8-17,13-21)14-23-12-16-3-1-15(2-4-16)5-6-19(25)24-26/h1-6,17-18,23,26H,7-14H2,(H,24,25)/b6-5+. The Labute approximate surface area is 153 Å². The third-order valence-electron chi connectivity index (χ3n) is 6.46. The van der Waals surface area contributed by atoms with Gasteiger partial charge in [-0.05, 0) is 73.0 Å². The number of carbonyl (C=O) groups is 1. The Kier molecular flexibility index (Phi) is 4.61. The molecule has 1 aromatic rings. The number of amides is 1. The molecule has 5 heteroatoms. The maximum atomic E-state index is 15.0. The molecular weight excluding hydrogens is 331 g/mol. The molecule has 2 unspecified atom stereocenters. The van der Waals surface area contributed by atoms with Crippen LogP contribution >= 0.6 is 0 Å². The number of alkyl halides is 1. The molecule has 140 valence electrons. The quantitative estimate of drug-likeness (QED) is 0.414. The van der Waals surface area contributed by atoms with Crippen molar-refractivity contribution in [3.8, 4) is 0 Å². The molecule has 4 fully saturated rings. The fourth-order valence-corrected chi connectivity index (χ4v) is 5.97. The van der Waals surface area contributed by atoms with Crippen molar-refractivity contribution < 1.29 is 14.4 Å². The molecule has 3 N–H and O–H groups in total. The van der Waals surface area contributed by atoms with Gasteiger partial charge in [0, 0.05) is 19.2 Å².